The third-order valence-electron chi connectivity index (χ3n) is 6.66. The fourth-order valence-electron chi connectivity index (χ4n) is 5.06. The SMILES string of the molecule is C[C@H]1CN(Cc2ccccc2)[C@@H]1C(=O)OC(C)(C)C.C[C@H]1CN(Cc2ccccc2)[C@H]1C(=O)OC(C)(C)C. The zero-order valence-electron chi connectivity index (χ0n) is 24.4. The lowest BCUT2D eigenvalue weighted by atomic mass is 9.89. The maximum atomic E-state index is 12.2. The Labute approximate surface area is 229 Å². The van der Waals surface area contributed by atoms with Crippen molar-refractivity contribution in [3.8, 4) is 0 Å². The van der Waals surface area contributed by atoms with Crippen molar-refractivity contribution in [2.45, 2.75) is 91.8 Å². The number of hydrogen-bond acceptors (Lipinski definition) is 6. The van der Waals surface area contributed by atoms with Crippen molar-refractivity contribution in [1.82, 2.24) is 9.80 Å². The van der Waals surface area contributed by atoms with E-state index in [1.165, 1.54) is 11.1 Å². The van der Waals surface area contributed by atoms with Crippen LogP contribution in [0.2, 0.25) is 0 Å². The summed E-state index contributed by atoms with van der Waals surface area (Å²) in [4.78, 5) is 28.8. The molecular formula is C32H46N2O4. The van der Waals surface area contributed by atoms with E-state index < -0.39 is 11.2 Å². The van der Waals surface area contributed by atoms with Crippen LogP contribution < -0.4 is 0 Å². The lowest BCUT2D eigenvalue weighted by Gasteiger charge is -2.45. The number of likely N-dealkylation sites (tertiary alicyclic amines) is 2. The predicted molar refractivity (Wildman–Crippen MR) is 151 cm³/mol. The second kappa shape index (κ2) is 12.4. The van der Waals surface area contributed by atoms with E-state index in [2.05, 4.69) is 47.9 Å². The molecule has 6 heteroatoms. The first-order valence-electron chi connectivity index (χ1n) is 13.7. The Balaban J connectivity index is 0.000000211. The maximum Gasteiger partial charge on any atom is 0.324 e. The van der Waals surface area contributed by atoms with Gasteiger partial charge in [0.2, 0.25) is 0 Å². The van der Waals surface area contributed by atoms with Gasteiger partial charge in [-0.2, -0.15) is 0 Å². The number of carbonyl (C=O) groups is 2. The van der Waals surface area contributed by atoms with Crippen molar-refractivity contribution in [2.24, 2.45) is 11.8 Å². The zero-order valence-corrected chi connectivity index (χ0v) is 24.4. The molecule has 0 saturated carbocycles. The Bertz CT molecular complexity index is 957. The molecule has 6 nitrogen and oxygen atoms in total. The van der Waals surface area contributed by atoms with Crippen LogP contribution in [0.25, 0.3) is 0 Å². The number of carbonyl (C=O) groups excluding carboxylic acids is 2. The fourth-order valence-corrected chi connectivity index (χ4v) is 5.06. The minimum atomic E-state index is -0.412. The van der Waals surface area contributed by atoms with Crippen molar-refractivity contribution < 1.29 is 19.1 Å². The highest BCUT2D eigenvalue weighted by atomic mass is 16.6. The van der Waals surface area contributed by atoms with Crippen LogP contribution in [0, 0.1) is 11.8 Å². The van der Waals surface area contributed by atoms with Gasteiger partial charge in [-0.3, -0.25) is 19.4 Å². The number of rotatable bonds is 6. The average Bonchev–Trinajstić information content (AvgIpc) is 2.77. The monoisotopic (exact) mass is 522 g/mol. The molecular weight excluding hydrogens is 476 g/mol. The molecule has 4 atom stereocenters. The summed E-state index contributed by atoms with van der Waals surface area (Å²) in [7, 11) is 0. The molecule has 0 bridgehead atoms. The molecule has 0 spiro atoms. The quantitative estimate of drug-likeness (QED) is 0.454. The highest BCUT2D eigenvalue weighted by Crippen LogP contribution is 2.30. The Morgan fingerprint density at radius 3 is 1.24 bits per heavy atom. The van der Waals surface area contributed by atoms with E-state index in [-0.39, 0.29) is 24.0 Å². The van der Waals surface area contributed by atoms with Crippen LogP contribution in [0.5, 0.6) is 0 Å². The standard InChI is InChI=1S/2C16H23NO2/c2*1-12-10-17(11-13-8-6-5-7-9-13)14(12)15(18)19-16(2,3)4/h2*5-9,12,14H,10-11H2,1-4H3/t12-,14+;12-,14-/m00/s1. The van der Waals surface area contributed by atoms with Crippen molar-refractivity contribution in [2.75, 3.05) is 13.1 Å². The van der Waals surface area contributed by atoms with Crippen molar-refractivity contribution in [3.63, 3.8) is 0 Å². The lowest BCUT2D eigenvalue weighted by molar-refractivity contribution is -0.172. The number of nitrogens with zero attached hydrogens (tertiary/aromatic N) is 2. The van der Waals surface area contributed by atoms with Gasteiger partial charge in [0.25, 0.3) is 0 Å². The zero-order chi connectivity index (χ0) is 28.1. The number of esters is 2. The molecule has 0 unspecified atom stereocenters. The van der Waals surface area contributed by atoms with Crippen LogP contribution >= 0.6 is 0 Å². The minimum Gasteiger partial charge on any atom is -0.459 e. The molecule has 0 aliphatic carbocycles. The lowest BCUT2D eigenvalue weighted by Crippen LogP contribution is -2.59. The van der Waals surface area contributed by atoms with Crippen LogP contribution in [0.15, 0.2) is 60.7 Å². The molecule has 208 valence electrons. The van der Waals surface area contributed by atoms with Gasteiger partial charge in [-0.1, -0.05) is 74.5 Å². The van der Waals surface area contributed by atoms with E-state index in [4.69, 9.17) is 9.47 Å². The molecule has 2 aromatic carbocycles. The molecule has 0 aromatic heterocycles. The second-order valence-electron chi connectivity index (χ2n) is 12.7. The Hall–Kier alpha value is -2.70. The molecule has 2 saturated heterocycles. The topological polar surface area (TPSA) is 59.1 Å². The first kappa shape index (κ1) is 29.9. The van der Waals surface area contributed by atoms with Gasteiger partial charge >= 0.3 is 11.9 Å². The summed E-state index contributed by atoms with van der Waals surface area (Å²) in [6.07, 6.45) is 0. The summed E-state index contributed by atoms with van der Waals surface area (Å²) < 4.78 is 11.0. The highest BCUT2D eigenvalue weighted by Gasteiger charge is 2.44. The molecule has 2 aromatic rings. The van der Waals surface area contributed by atoms with Gasteiger partial charge in [0.05, 0.1) is 0 Å². The van der Waals surface area contributed by atoms with Crippen LogP contribution in [0.1, 0.15) is 66.5 Å². The van der Waals surface area contributed by atoms with Crippen molar-refractivity contribution in [3.05, 3.63) is 71.8 Å². The summed E-state index contributed by atoms with van der Waals surface area (Å²) in [5.41, 5.74) is 1.65. The van der Waals surface area contributed by atoms with E-state index in [0.717, 1.165) is 26.2 Å². The van der Waals surface area contributed by atoms with Gasteiger partial charge in [0.1, 0.15) is 23.3 Å². The van der Waals surface area contributed by atoms with Gasteiger partial charge in [0.15, 0.2) is 0 Å². The molecule has 2 fully saturated rings. The van der Waals surface area contributed by atoms with Gasteiger partial charge in [0, 0.05) is 26.2 Å². The molecule has 4 rings (SSSR count). The summed E-state index contributed by atoms with van der Waals surface area (Å²) >= 11 is 0. The van der Waals surface area contributed by atoms with E-state index in [0.29, 0.717) is 11.8 Å². The smallest absolute Gasteiger partial charge is 0.324 e. The molecule has 38 heavy (non-hydrogen) atoms. The van der Waals surface area contributed by atoms with Crippen LogP contribution in [-0.2, 0) is 32.2 Å². The van der Waals surface area contributed by atoms with E-state index >= 15 is 0 Å². The number of ether oxygens (including phenoxy) is 2. The van der Waals surface area contributed by atoms with Gasteiger partial charge in [-0.15, -0.1) is 0 Å². The summed E-state index contributed by atoms with van der Waals surface area (Å²) in [5.74, 6) is 0.557. The fraction of sp³-hybridized carbons (Fsp3) is 0.562. The van der Waals surface area contributed by atoms with Crippen LogP contribution in [0.4, 0.5) is 0 Å². The normalized spacial score (nSPS) is 23.8. The van der Waals surface area contributed by atoms with Gasteiger partial charge < -0.3 is 9.47 Å². The maximum absolute atomic E-state index is 12.2. The third-order valence-corrected chi connectivity index (χ3v) is 6.66. The van der Waals surface area contributed by atoms with Crippen LogP contribution in [0.3, 0.4) is 0 Å². The Morgan fingerprint density at radius 2 is 0.974 bits per heavy atom. The number of hydrogen-bond donors (Lipinski definition) is 0. The average molecular weight is 523 g/mol. The third kappa shape index (κ3) is 8.67. The Morgan fingerprint density at radius 1 is 0.658 bits per heavy atom. The summed E-state index contributed by atoms with van der Waals surface area (Å²) in [6.45, 7) is 19.2. The first-order chi connectivity index (χ1) is 17.7. The van der Waals surface area contributed by atoms with E-state index in [1.54, 1.807) is 0 Å². The van der Waals surface area contributed by atoms with E-state index in [1.807, 2.05) is 77.9 Å². The van der Waals surface area contributed by atoms with Gasteiger partial charge in [-0.25, -0.2) is 0 Å². The number of benzene rings is 2. The minimum absolute atomic E-state index is 0.0952. The molecule has 2 heterocycles. The molecule has 2 aliphatic heterocycles. The molecule has 2 aliphatic rings. The largest absolute Gasteiger partial charge is 0.459 e. The summed E-state index contributed by atoms with van der Waals surface area (Å²) in [5, 5.41) is 0. The molecule has 0 amide bonds. The molecule has 0 radical (unpaired) electrons. The van der Waals surface area contributed by atoms with Crippen molar-refractivity contribution in [1.29, 1.82) is 0 Å². The van der Waals surface area contributed by atoms with Crippen LogP contribution in [-0.4, -0.2) is 58.1 Å². The Kier molecular flexibility index (Phi) is 9.77. The van der Waals surface area contributed by atoms with Gasteiger partial charge in [-0.05, 0) is 64.5 Å². The second-order valence-corrected chi connectivity index (χ2v) is 12.7. The molecule has 0 N–H and O–H groups in total. The predicted octanol–water partition coefficient (Wildman–Crippen LogP) is 5.70. The highest BCUT2D eigenvalue weighted by molar-refractivity contribution is 5.78. The first-order valence-corrected chi connectivity index (χ1v) is 13.7. The summed E-state index contributed by atoms with van der Waals surface area (Å²) in [6, 6.07) is 20.3. The van der Waals surface area contributed by atoms with E-state index in [9.17, 15) is 9.59 Å². The van der Waals surface area contributed by atoms with Crippen molar-refractivity contribution >= 4 is 11.9 Å².